The summed E-state index contributed by atoms with van der Waals surface area (Å²) >= 11 is 0. The van der Waals surface area contributed by atoms with Gasteiger partial charge in [0.25, 0.3) is 0 Å². The van der Waals surface area contributed by atoms with E-state index in [9.17, 15) is 14.7 Å². The van der Waals surface area contributed by atoms with Gasteiger partial charge < -0.3 is 20.6 Å². The van der Waals surface area contributed by atoms with Crippen LogP contribution in [0, 0.1) is 17.8 Å². The van der Waals surface area contributed by atoms with E-state index < -0.39 is 5.97 Å². The first-order valence-corrected chi connectivity index (χ1v) is 12.4. The number of rotatable bonds is 8. The summed E-state index contributed by atoms with van der Waals surface area (Å²) < 4.78 is 0. The van der Waals surface area contributed by atoms with E-state index in [1.165, 1.54) is 5.56 Å². The molecule has 0 radical (unpaired) electrons. The molecule has 3 N–H and O–H groups in total. The number of hydrogen-bond donors (Lipinski definition) is 3. The summed E-state index contributed by atoms with van der Waals surface area (Å²) in [6.07, 6.45) is 6.37. The van der Waals surface area contributed by atoms with Crippen LogP contribution < -0.4 is 10.6 Å². The lowest BCUT2D eigenvalue weighted by Gasteiger charge is -2.36. The van der Waals surface area contributed by atoms with Gasteiger partial charge in [0.15, 0.2) is 0 Å². The fourth-order valence-corrected chi connectivity index (χ4v) is 5.38. The van der Waals surface area contributed by atoms with Crippen molar-refractivity contribution in [3.63, 3.8) is 0 Å². The van der Waals surface area contributed by atoms with Crippen molar-refractivity contribution in [3.8, 4) is 0 Å². The number of carboxylic acid groups (broad SMARTS) is 1. The van der Waals surface area contributed by atoms with Gasteiger partial charge in [-0.1, -0.05) is 6.07 Å². The van der Waals surface area contributed by atoms with Crippen LogP contribution in [0.5, 0.6) is 0 Å². The number of likely N-dealkylation sites (tertiary alicyclic amines) is 1. The molecule has 1 amide bonds. The van der Waals surface area contributed by atoms with Gasteiger partial charge in [0.2, 0.25) is 5.91 Å². The van der Waals surface area contributed by atoms with Crippen LogP contribution in [0.15, 0.2) is 17.1 Å². The highest BCUT2D eigenvalue weighted by Crippen LogP contribution is 2.31. The van der Waals surface area contributed by atoms with E-state index >= 15 is 0 Å². The Bertz CT molecular complexity index is 879. The average molecular weight is 456 g/mol. The third-order valence-corrected chi connectivity index (χ3v) is 7.44. The zero-order chi connectivity index (χ0) is 23.2. The molecule has 0 aliphatic carbocycles. The summed E-state index contributed by atoms with van der Waals surface area (Å²) in [4.78, 5) is 35.4. The van der Waals surface area contributed by atoms with E-state index in [-0.39, 0.29) is 24.2 Å². The Morgan fingerprint density at radius 3 is 2.79 bits per heavy atom. The first kappa shape index (κ1) is 23.5. The minimum Gasteiger partial charge on any atom is -0.481 e. The van der Waals surface area contributed by atoms with Gasteiger partial charge in [0, 0.05) is 51.3 Å². The molecule has 4 heterocycles. The van der Waals surface area contributed by atoms with Crippen LogP contribution in [0.2, 0.25) is 0 Å². The van der Waals surface area contributed by atoms with Crippen LogP contribution in [-0.2, 0) is 22.4 Å². The number of nitrogens with one attached hydrogen (secondary N) is 2. The molecule has 1 saturated heterocycles. The van der Waals surface area contributed by atoms with Crippen molar-refractivity contribution in [1.29, 1.82) is 0 Å². The largest absolute Gasteiger partial charge is 0.481 e. The molecule has 33 heavy (non-hydrogen) atoms. The summed E-state index contributed by atoms with van der Waals surface area (Å²) in [5.41, 5.74) is 2.24. The molecule has 180 valence electrons. The first-order chi connectivity index (χ1) is 16.0. The van der Waals surface area contributed by atoms with Crippen LogP contribution >= 0.6 is 0 Å². The fraction of sp³-hybridized carbons (Fsp3) is 0.680. The van der Waals surface area contributed by atoms with E-state index in [1.54, 1.807) is 0 Å². The summed E-state index contributed by atoms with van der Waals surface area (Å²) in [6.45, 7) is 5.96. The third kappa shape index (κ3) is 6.45. The molecule has 4 rings (SSSR count). The SMILES string of the molecule is CC1=NCC(C(CC(=O)O)CC2CCN(C(=O)CCc3ccc4c(n3)NCCC4)CC2)CN1. The molecule has 3 aliphatic heterocycles. The molecule has 3 aliphatic rings. The van der Waals surface area contributed by atoms with Crippen molar-refractivity contribution in [1.82, 2.24) is 15.2 Å². The molecule has 0 saturated carbocycles. The number of pyridine rings is 1. The Labute approximate surface area is 196 Å². The van der Waals surface area contributed by atoms with Crippen molar-refractivity contribution in [2.24, 2.45) is 22.7 Å². The summed E-state index contributed by atoms with van der Waals surface area (Å²) in [5, 5.41) is 16.1. The van der Waals surface area contributed by atoms with Crippen LogP contribution in [0.25, 0.3) is 0 Å². The van der Waals surface area contributed by atoms with Gasteiger partial charge in [0.05, 0.1) is 5.84 Å². The van der Waals surface area contributed by atoms with Crippen molar-refractivity contribution in [3.05, 3.63) is 23.4 Å². The predicted molar refractivity (Wildman–Crippen MR) is 129 cm³/mol. The standard InChI is InChI=1S/C25H37N5O3/c1-17-27-15-21(16-28-17)20(14-24(32)33)13-18-8-11-30(12-9-18)23(31)7-6-22-5-4-19-3-2-10-26-25(19)29-22/h4-5,18,20-21H,2-3,6-16H2,1H3,(H,26,29)(H,27,28)(H,32,33). The highest BCUT2D eigenvalue weighted by atomic mass is 16.4. The number of fused-ring (bicyclic) bond motifs is 1. The molecule has 8 nitrogen and oxygen atoms in total. The van der Waals surface area contributed by atoms with Gasteiger partial charge in [-0.15, -0.1) is 0 Å². The molecule has 2 unspecified atom stereocenters. The second-order valence-corrected chi connectivity index (χ2v) is 9.83. The molecule has 1 fully saturated rings. The molecular formula is C25H37N5O3. The number of aromatic nitrogens is 1. The number of amides is 1. The predicted octanol–water partition coefficient (Wildman–Crippen LogP) is 2.73. The average Bonchev–Trinajstić information content (AvgIpc) is 2.82. The molecule has 1 aromatic heterocycles. The van der Waals surface area contributed by atoms with E-state index in [2.05, 4.69) is 27.8 Å². The monoisotopic (exact) mass is 455 g/mol. The van der Waals surface area contributed by atoms with Crippen LogP contribution in [-0.4, -0.2) is 65.4 Å². The number of carbonyl (C=O) groups is 2. The second-order valence-electron chi connectivity index (χ2n) is 9.83. The number of anilines is 1. The molecule has 0 bridgehead atoms. The molecule has 2 atom stereocenters. The van der Waals surface area contributed by atoms with E-state index in [0.717, 1.165) is 75.6 Å². The number of carbonyl (C=O) groups excluding carboxylic acids is 1. The number of amidine groups is 1. The van der Waals surface area contributed by atoms with Crippen molar-refractivity contribution in [2.75, 3.05) is 38.0 Å². The maximum absolute atomic E-state index is 12.8. The summed E-state index contributed by atoms with van der Waals surface area (Å²) in [5.74, 6) is 2.25. The fourth-order valence-electron chi connectivity index (χ4n) is 5.38. The van der Waals surface area contributed by atoms with Gasteiger partial charge in [0.1, 0.15) is 5.82 Å². The number of piperidine rings is 1. The minimum absolute atomic E-state index is 0.128. The smallest absolute Gasteiger partial charge is 0.303 e. The van der Waals surface area contributed by atoms with Crippen molar-refractivity contribution in [2.45, 2.75) is 58.3 Å². The Balaban J connectivity index is 1.23. The van der Waals surface area contributed by atoms with Gasteiger partial charge >= 0.3 is 5.97 Å². The summed E-state index contributed by atoms with van der Waals surface area (Å²) in [7, 11) is 0. The third-order valence-electron chi connectivity index (χ3n) is 7.44. The van der Waals surface area contributed by atoms with Gasteiger partial charge in [-0.05, 0) is 74.8 Å². The highest BCUT2D eigenvalue weighted by Gasteiger charge is 2.31. The zero-order valence-electron chi connectivity index (χ0n) is 19.7. The maximum atomic E-state index is 12.8. The van der Waals surface area contributed by atoms with E-state index in [4.69, 9.17) is 4.98 Å². The number of aliphatic carboxylic acids is 1. The van der Waals surface area contributed by atoms with Crippen molar-refractivity contribution < 1.29 is 14.7 Å². The van der Waals surface area contributed by atoms with E-state index in [0.29, 0.717) is 25.3 Å². The molecule has 8 heteroatoms. The van der Waals surface area contributed by atoms with Crippen LogP contribution in [0.4, 0.5) is 5.82 Å². The topological polar surface area (TPSA) is 107 Å². The Hall–Kier alpha value is -2.64. The number of carboxylic acids is 1. The second kappa shape index (κ2) is 11.0. The van der Waals surface area contributed by atoms with Crippen molar-refractivity contribution >= 4 is 23.5 Å². The maximum Gasteiger partial charge on any atom is 0.303 e. The number of aryl methyl sites for hydroxylation is 2. The van der Waals surface area contributed by atoms with Gasteiger partial charge in [-0.3, -0.25) is 14.6 Å². The molecule has 0 aromatic carbocycles. The van der Waals surface area contributed by atoms with Gasteiger partial charge in [-0.25, -0.2) is 4.98 Å². The lowest BCUT2D eigenvalue weighted by Crippen LogP contribution is -2.41. The molecule has 0 spiro atoms. The normalized spacial score (nSPS) is 21.9. The minimum atomic E-state index is -0.732. The van der Waals surface area contributed by atoms with Crippen LogP contribution in [0.3, 0.4) is 0 Å². The Morgan fingerprint density at radius 2 is 2.06 bits per heavy atom. The zero-order valence-corrected chi connectivity index (χ0v) is 19.7. The lowest BCUT2D eigenvalue weighted by atomic mass is 9.78. The first-order valence-electron chi connectivity index (χ1n) is 12.4. The van der Waals surface area contributed by atoms with Crippen LogP contribution in [0.1, 0.15) is 56.7 Å². The van der Waals surface area contributed by atoms with Gasteiger partial charge in [-0.2, -0.15) is 0 Å². The molecule has 1 aromatic rings. The van der Waals surface area contributed by atoms with E-state index in [1.807, 2.05) is 11.8 Å². The highest BCUT2D eigenvalue weighted by molar-refractivity contribution is 5.80. The molecular weight excluding hydrogens is 418 g/mol. The lowest BCUT2D eigenvalue weighted by molar-refractivity contribution is -0.138. The number of hydrogen-bond acceptors (Lipinski definition) is 6. The number of nitrogens with zero attached hydrogens (tertiary/aromatic N) is 3. The Kier molecular flexibility index (Phi) is 7.83. The summed E-state index contributed by atoms with van der Waals surface area (Å²) in [6, 6.07) is 4.20. The number of aliphatic imine (C=N–C) groups is 1. The Morgan fingerprint density at radius 1 is 1.24 bits per heavy atom. The quantitative estimate of drug-likeness (QED) is 0.556.